The number of nitrogens with one attached hydrogen (secondary N) is 1. The average Bonchev–Trinajstić information content (AvgIpc) is 2.79. The van der Waals surface area contributed by atoms with E-state index in [2.05, 4.69) is 12.2 Å². The third kappa shape index (κ3) is 2.40. The molecule has 2 rings (SSSR count). The Morgan fingerprint density at radius 3 is 3.13 bits per heavy atom. The smallest absolute Gasteiger partial charge is 0.117 e. The molecule has 1 saturated heterocycles. The first-order valence-electron chi connectivity index (χ1n) is 5.27. The Hall–Kier alpha value is -0.840. The van der Waals surface area contributed by atoms with Gasteiger partial charge in [-0.1, -0.05) is 6.92 Å². The van der Waals surface area contributed by atoms with Crippen LogP contribution in [0.15, 0.2) is 22.8 Å². The van der Waals surface area contributed by atoms with Crippen LogP contribution in [0.5, 0.6) is 0 Å². The Balaban J connectivity index is 1.78. The zero-order valence-electron chi connectivity index (χ0n) is 9.03. The molecule has 84 valence electrons. The van der Waals surface area contributed by atoms with Crippen LogP contribution in [0.25, 0.3) is 0 Å². The highest BCUT2D eigenvalue weighted by Crippen LogP contribution is 2.25. The second kappa shape index (κ2) is 4.35. The van der Waals surface area contributed by atoms with Gasteiger partial charge < -0.3 is 20.2 Å². The molecule has 15 heavy (non-hydrogen) atoms. The minimum atomic E-state index is 0.0482. The van der Waals surface area contributed by atoms with Gasteiger partial charge in [0.1, 0.15) is 5.76 Å². The van der Waals surface area contributed by atoms with E-state index in [1.165, 1.54) is 0 Å². The Morgan fingerprint density at radius 2 is 2.53 bits per heavy atom. The first-order valence-corrected chi connectivity index (χ1v) is 5.27. The van der Waals surface area contributed by atoms with Crippen LogP contribution in [-0.4, -0.2) is 25.8 Å². The van der Waals surface area contributed by atoms with Gasteiger partial charge >= 0.3 is 0 Å². The van der Waals surface area contributed by atoms with Gasteiger partial charge in [-0.05, 0) is 12.1 Å². The van der Waals surface area contributed by atoms with Crippen molar-refractivity contribution in [3.8, 4) is 0 Å². The van der Waals surface area contributed by atoms with E-state index in [4.69, 9.17) is 14.9 Å². The zero-order chi connectivity index (χ0) is 10.7. The Kier molecular flexibility index (Phi) is 3.09. The van der Waals surface area contributed by atoms with Crippen LogP contribution in [-0.2, 0) is 11.3 Å². The molecular weight excluding hydrogens is 192 g/mol. The highest BCUT2D eigenvalue weighted by molar-refractivity contribution is 4.98. The Morgan fingerprint density at radius 1 is 1.67 bits per heavy atom. The molecule has 1 aliphatic rings. The largest absolute Gasteiger partial charge is 0.468 e. The molecule has 1 aromatic heterocycles. The SMILES string of the molecule is CC1(CNCc2ccco2)COCC1N. The van der Waals surface area contributed by atoms with Crippen molar-refractivity contribution in [2.45, 2.75) is 19.5 Å². The molecule has 4 heteroatoms. The number of rotatable bonds is 4. The van der Waals surface area contributed by atoms with E-state index in [1.807, 2.05) is 12.1 Å². The van der Waals surface area contributed by atoms with Crippen molar-refractivity contribution in [2.75, 3.05) is 19.8 Å². The first kappa shape index (κ1) is 10.7. The summed E-state index contributed by atoms with van der Waals surface area (Å²) in [5.74, 6) is 0.950. The van der Waals surface area contributed by atoms with Crippen molar-refractivity contribution in [2.24, 2.45) is 11.1 Å². The Bertz CT molecular complexity index is 300. The van der Waals surface area contributed by atoms with E-state index in [1.54, 1.807) is 6.26 Å². The van der Waals surface area contributed by atoms with E-state index in [0.717, 1.165) is 25.5 Å². The van der Waals surface area contributed by atoms with E-state index < -0.39 is 0 Å². The summed E-state index contributed by atoms with van der Waals surface area (Å²) in [4.78, 5) is 0. The fourth-order valence-electron chi connectivity index (χ4n) is 1.79. The second-order valence-electron chi connectivity index (χ2n) is 4.46. The molecule has 4 nitrogen and oxygen atoms in total. The lowest BCUT2D eigenvalue weighted by Gasteiger charge is -2.26. The summed E-state index contributed by atoms with van der Waals surface area (Å²) >= 11 is 0. The molecule has 1 aliphatic heterocycles. The van der Waals surface area contributed by atoms with Gasteiger partial charge in [0.25, 0.3) is 0 Å². The van der Waals surface area contributed by atoms with Crippen LogP contribution < -0.4 is 11.1 Å². The fourth-order valence-corrected chi connectivity index (χ4v) is 1.79. The molecule has 0 spiro atoms. The maximum Gasteiger partial charge on any atom is 0.117 e. The second-order valence-corrected chi connectivity index (χ2v) is 4.46. The molecule has 0 aromatic carbocycles. The van der Waals surface area contributed by atoms with Crippen molar-refractivity contribution < 1.29 is 9.15 Å². The van der Waals surface area contributed by atoms with Crippen LogP contribution in [0.4, 0.5) is 0 Å². The van der Waals surface area contributed by atoms with Gasteiger partial charge in [-0.15, -0.1) is 0 Å². The van der Waals surface area contributed by atoms with Gasteiger partial charge in [0.2, 0.25) is 0 Å². The first-order chi connectivity index (χ1) is 7.21. The molecule has 0 saturated carbocycles. The van der Waals surface area contributed by atoms with Crippen LogP contribution >= 0.6 is 0 Å². The van der Waals surface area contributed by atoms with E-state index in [9.17, 15) is 0 Å². The van der Waals surface area contributed by atoms with Crippen LogP contribution in [0.2, 0.25) is 0 Å². The molecule has 0 aliphatic carbocycles. The summed E-state index contributed by atoms with van der Waals surface area (Å²) in [6.07, 6.45) is 1.68. The maximum atomic E-state index is 5.98. The summed E-state index contributed by atoms with van der Waals surface area (Å²) < 4.78 is 10.6. The van der Waals surface area contributed by atoms with Crippen molar-refractivity contribution in [1.29, 1.82) is 0 Å². The summed E-state index contributed by atoms with van der Waals surface area (Å²) in [6, 6.07) is 3.98. The number of nitrogens with two attached hydrogens (primary N) is 1. The topological polar surface area (TPSA) is 60.4 Å². The summed E-state index contributed by atoms with van der Waals surface area (Å²) in [7, 11) is 0. The minimum absolute atomic E-state index is 0.0482. The lowest BCUT2D eigenvalue weighted by atomic mass is 9.86. The molecule has 2 unspecified atom stereocenters. The van der Waals surface area contributed by atoms with Gasteiger partial charge in [-0.2, -0.15) is 0 Å². The predicted molar refractivity (Wildman–Crippen MR) is 57.3 cm³/mol. The summed E-state index contributed by atoms with van der Waals surface area (Å²) in [6.45, 7) is 5.15. The fraction of sp³-hybridized carbons (Fsp3) is 0.636. The standard InChI is InChI=1S/C11H18N2O2/c1-11(8-14-6-10(11)12)7-13-5-9-3-2-4-15-9/h2-4,10,13H,5-8,12H2,1H3. The highest BCUT2D eigenvalue weighted by Gasteiger charge is 2.37. The lowest BCUT2D eigenvalue weighted by molar-refractivity contribution is 0.157. The third-order valence-electron chi connectivity index (χ3n) is 3.03. The van der Waals surface area contributed by atoms with Crippen molar-refractivity contribution in [3.05, 3.63) is 24.2 Å². The van der Waals surface area contributed by atoms with Crippen molar-refractivity contribution in [3.63, 3.8) is 0 Å². The van der Waals surface area contributed by atoms with Gasteiger partial charge in [0, 0.05) is 18.0 Å². The highest BCUT2D eigenvalue weighted by atomic mass is 16.5. The average molecular weight is 210 g/mol. The van der Waals surface area contributed by atoms with Gasteiger partial charge in [0.05, 0.1) is 26.0 Å². The molecule has 0 radical (unpaired) electrons. The molecule has 3 N–H and O–H groups in total. The van der Waals surface area contributed by atoms with Crippen LogP contribution in [0, 0.1) is 5.41 Å². The van der Waals surface area contributed by atoms with E-state index in [0.29, 0.717) is 6.61 Å². The van der Waals surface area contributed by atoms with E-state index in [-0.39, 0.29) is 11.5 Å². The minimum Gasteiger partial charge on any atom is -0.468 e. The molecule has 1 aromatic rings. The molecule has 0 bridgehead atoms. The summed E-state index contributed by atoms with van der Waals surface area (Å²) in [5, 5.41) is 3.35. The molecule has 1 fully saturated rings. The number of ether oxygens (including phenoxy) is 1. The zero-order valence-corrected chi connectivity index (χ0v) is 9.03. The normalized spacial score (nSPS) is 30.9. The van der Waals surface area contributed by atoms with Crippen LogP contribution in [0.3, 0.4) is 0 Å². The third-order valence-corrected chi connectivity index (χ3v) is 3.03. The van der Waals surface area contributed by atoms with Gasteiger partial charge in [-0.25, -0.2) is 0 Å². The van der Waals surface area contributed by atoms with Crippen molar-refractivity contribution >= 4 is 0 Å². The number of furan rings is 1. The van der Waals surface area contributed by atoms with E-state index >= 15 is 0 Å². The maximum absolute atomic E-state index is 5.98. The molecule has 2 heterocycles. The molecule has 0 amide bonds. The van der Waals surface area contributed by atoms with Gasteiger partial charge in [-0.3, -0.25) is 0 Å². The lowest BCUT2D eigenvalue weighted by Crippen LogP contribution is -2.45. The Labute approximate surface area is 89.8 Å². The van der Waals surface area contributed by atoms with Gasteiger partial charge in [0.15, 0.2) is 0 Å². The predicted octanol–water partition coefficient (Wildman–Crippen LogP) is 0.733. The summed E-state index contributed by atoms with van der Waals surface area (Å²) in [5.41, 5.74) is 6.03. The number of hydrogen-bond donors (Lipinski definition) is 2. The monoisotopic (exact) mass is 210 g/mol. The quantitative estimate of drug-likeness (QED) is 0.769. The molecule has 2 atom stereocenters. The van der Waals surface area contributed by atoms with Crippen LogP contribution in [0.1, 0.15) is 12.7 Å². The van der Waals surface area contributed by atoms with Crippen molar-refractivity contribution in [1.82, 2.24) is 5.32 Å². The number of hydrogen-bond acceptors (Lipinski definition) is 4. The molecular formula is C11H18N2O2.